The van der Waals surface area contributed by atoms with Crippen molar-refractivity contribution in [1.29, 1.82) is 5.26 Å². The van der Waals surface area contributed by atoms with E-state index in [2.05, 4.69) is 17.0 Å². The van der Waals surface area contributed by atoms with Gasteiger partial charge in [0, 0.05) is 19.6 Å². The number of ether oxygens (including phenoxy) is 2. The van der Waals surface area contributed by atoms with Gasteiger partial charge in [0.2, 0.25) is 0 Å². The van der Waals surface area contributed by atoms with Crippen LogP contribution in [0, 0.1) is 11.3 Å². The third-order valence-corrected chi connectivity index (χ3v) is 5.39. The fraction of sp³-hybridized carbons (Fsp3) is 0.562. The van der Waals surface area contributed by atoms with Crippen molar-refractivity contribution in [1.82, 2.24) is 4.90 Å². The Balaban J connectivity index is 1.99. The highest BCUT2D eigenvalue weighted by Crippen LogP contribution is 2.34. The second-order valence-corrected chi connectivity index (χ2v) is 6.47. The summed E-state index contributed by atoms with van der Waals surface area (Å²) in [6.45, 7) is 2.81. The van der Waals surface area contributed by atoms with E-state index in [4.69, 9.17) is 9.47 Å². The van der Waals surface area contributed by atoms with Gasteiger partial charge in [-0.05, 0) is 36.8 Å². The van der Waals surface area contributed by atoms with Gasteiger partial charge >= 0.3 is 0 Å². The normalized spacial score (nSPS) is 18.0. The summed E-state index contributed by atoms with van der Waals surface area (Å²) in [4.78, 5) is 2.40. The number of nitriles is 1. The molecular formula is C16H22N2O2S. The molecule has 1 aliphatic heterocycles. The Morgan fingerprint density at radius 3 is 2.43 bits per heavy atom. The van der Waals surface area contributed by atoms with Crippen LogP contribution in [-0.2, 0) is 6.54 Å². The minimum atomic E-state index is -0.186. The first-order valence-corrected chi connectivity index (χ1v) is 8.28. The first-order valence-electron chi connectivity index (χ1n) is 7.06. The van der Waals surface area contributed by atoms with Crippen LogP contribution >= 0.6 is 11.8 Å². The Hall–Kier alpha value is -1.38. The molecule has 5 heteroatoms. The first-order chi connectivity index (χ1) is 10.2. The summed E-state index contributed by atoms with van der Waals surface area (Å²) >= 11 is 1.69. The van der Waals surface area contributed by atoms with Gasteiger partial charge in [0.25, 0.3) is 0 Å². The lowest BCUT2D eigenvalue weighted by Gasteiger charge is -2.36. The molecule has 0 atom stereocenters. The molecule has 0 radical (unpaired) electrons. The molecule has 0 aliphatic carbocycles. The van der Waals surface area contributed by atoms with Gasteiger partial charge in [-0.1, -0.05) is 6.07 Å². The highest BCUT2D eigenvalue weighted by molar-refractivity contribution is 8.00. The van der Waals surface area contributed by atoms with Gasteiger partial charge in [-0.25, -0.2) is 0 Å². The molecule has 1 aromatic carbocycles. The molecule has 0 N–H and O–H groups in total. The number of likely N-dealkylation sites (tertiary alicyclic amines) is 1. The van der Waals surface area contributed by atoms with E-state index in [0.29, 0.717) is 0 Å². The standard InChI is InChI=1S/C16H22N2O2S/c1-19-14-5-4-13(10-15(14)20-2)11-18-8-6-16(12-17,21-3)7-9-18/h4-5,10H,6-9,11H2,1-3H3. The molecule has 4 nitrogen and oxygen atoms in total. The molecule has 0 unspecified atom stereocenters. The highest BCUT2D eigenvalue weighted by atomic mass is 32.2. The quantitative estimate of drug-likeness (QED) is 0.837. The molecule has 21 heavy (non-hydrogen) atoms. The number of thioether (sulfide) groups is 1. The van der Waals surface area contributed by atoms with Crippen molar-refractivity contribution in [3.8, 4) is 17.6 Å². The fourth-order valence-corrected chi connectivity index (χ4v) is 3.35. The van der Waals surface area contributed by atoms with Crippen LogP contribution < -0.4 is 9.47 Å². The van der Waals surface area contributed by atoms with Crippen molar-refractivity contribution in [2.75, 3.05) is 33.6 Å². The Kier molecular flexibility index (Phi) is 5.38. The van der Waals surface area contributed by atoms with Crippen LogP contribution in [0.1, 0.15) is 18.4 Å². The smallest absolute Gasteiger partial charge is 0.161 e. The van der Waals surface area contributed by atoms with Gasteiger partial charge in [0.05, 0.1) is 20.3 Å². The molecule has 0 aromatic heterocycles. The largest absolute Gasteiger partial charge is 0.493 e. The minimum absolute atomic E-state index is 0.186. The van der Waals surface area contributed by atoms with E-state index < -0.39 is 0 Å². The third-order valence-electron chi connectivity index (χ3n) is 4.11. The van der Waals surface area contributed by atoms with E-state index in [1.807, 2.05) is 18.4 Å². The molecule has 1 heterocycles. The van der Waals surface area contributed by atoms with Crippen molar-refractivity contribution < 1.29 is 9.47 Å². The molecular weight excluding hydrogens is 284 g/mol. The predicted octanol–water partition coefficient (Wildman–Crippen LogP) is 2.92. The van der Waals surface area contributed by atoms with Gasteiger partial charge in [-0.2, -0.15) is 5.26 Å². The zero-order valence-electron chi connectivity index (χ0n) is 12.9. The van der Waals surface area contributed by atoms with E-state index in [1.165, 1.54) is 5.56 Å². The maximum atomic E-state index is 9.32. The summed E-state index contributed by atoms with van der Waals surface area (Å²) in [5, 5.41) is 9.32. The second kappa shape index (κ2) is 7.06. The van der Waals surface area contributed by atoms with E-state index in [-0.39, 0.29) is 4.75 Å². The molecule has 0 spiro atoms. The molecule has 0 amide bonds. The lowest BCUT2D eigenvalue weighted by molar-refractivity contribution is 0.209. The van der Waals surface area contributed by atoms with Gasteiger partial charge in [0.1, 0.15) is 4.75 Å². The number of hydrogen-bond donors (Lipinski definition) is 0. The molecule has 0 saturated carbocycles. The predicted molar refractivity (Wildman–Crippen MR) is 85.9 cm³/mol. The SMILES string of the molecule is COc1ccc(CN2CCC(C#N)(SC)CC2)cc1OC. The average Bonchev–Trinajstić information content (AvgIpc) is 2.55. The van der Waals surface area contributed by atoms with E-state index in [9.17, 15) is 5.26 Å². The van der Waals surface area contributed by atoms with Crippen LogP contribution in [0.15, 0.2) is 18.2 Å². The summed E-state index contributed by atoms with van der Waals surface area (Å²) in [6, 6.07) is 8.53. The molecule has 2 rings (SSSR count). The number of methoxy groups -OCH3 is 2. The zero-order valence-corrected chi connectivity index (χ0v) is 13.7. The monoisotopic (exact) mass is 306 g/mol. The first kappa shape index (κ1) is 16.0. The van der Waals surface area contributed by atoms with Gasteiger partial charge in [0.15, 0.2) is 11.5 Å². The van der Waals surface area contributed by atoms with Crippen LogP contribution in [0.2, 0.25) is 0 Å². The highest BCUT2D eigenvalue weighted by Gasteiger charge is 2.33. The third kappa shape index (κ3) is 3.63. The van der Waals surface area contributed by atoms with E-state index in [1.54, 1.807) is 26.0 Å². The summed E-state index contributed by atoms with van der Waals surface area (Å²) in [5.41, 5.74) is 1.21. The molecule has 1 fully saturated rings. The molecule has 1 aliphatic rings. The van der Waals surface area contributed by atoms with E-state index in [0.717, 1.165) is 44.0 Å². The van der Waals surface area contributed by atoms with Crippen molar-refractivity contribution in [3.05, 3.63) is 23.8 Å². The Bertz CT molecular complexity index is 519. The van der Waals surface area contributed by atoms with Crippen molar-refractivity contribution in [2.45, 2.75) is 24.1 Å². The number of piperidine rings is 1. The lowest BCUT2D eigenvalue weighted by Crippen LogP contribution is -2.41. The van der Waals surface area contributed by atoms with E-state index >= 15 is 0 Å². The van der Waals surface area contributed by atoms with Crippen LogP contribution in [0.5, 0.6) is 11.5 Å². The number of hydrogen-bond acceptors (Lipinski definition) is 5. The Morgan fingerprint density at radius 2 is 1.90 bits per heavy atom. The minimum Gasteiger partial charge on any atom is -0.493 e. The summed E-state index contributed by atoms with van der Waals surface area (Å²) < 4.78 is 10.4. The maximum absolute atomic E-state index is 9.32. The average molecular weight is 306 g/mol. The number of benzene rings is 1. The summed E-state index contributed by atoms with van der Waals surface area (Å²) in [7, 11) is 3.30. The van der Waals surface area contributed by atoms with Crippen LogP contribution in [0.4, 0.5) is 0 Å². The Morgan fingerprint density at radius 1 is 1.24 bits per heavy atom. The summed E-state index contributed by atoms with van der Waals surface area (Å²) in [5.74, 6) is 1.52. The van der Waals surface area contributed by atoms with Crippen LogP contribution in [0.25, 0.3) is 0 Å². The van der Waals surface area contributed by atoms with Crippen LogP contribution in [-0.4, -0.2) is 43.2 Å². The summed E-state index contributed by atoms with van der Waals surface area (Å²) in [6.07, 6.45) is 3.89. The van der Waals surface area contributed by atoms with Gasteiger partial charge in [-0.3, -0.25) is 4.90 Å². The number of rotatable bonds is 5. The fourth-order valence-electron chi connectivity index (χ4n) is 2.67. The topological polar surface area (TPSA) is 45.5 Å². The lowest BCUT2D eigenvalue weighted by atomic mass is 9.97. The van der Waals surface area contributed by atoms with Gasteiger partial charge in [-0.15, -0.1) is 11.8 Å². The molecule has 1 aromatic rings. The number of nitrogens with zero attached hydrogens (tertiary/aromatic N) is 2. The second-order valence-electron chi connectivity index (χ2n) is 5.28. The molecule has 0 bridgehead atoms. The van der Waals surface area contributed by atoms with Crippen molar-refractivity contribution in [2.24, 2.45) is 0 Å². The van der Waals surface area contributed by atoms with Crippen molar-refractivity contribution >= 4 is 11.8 Å². The van der Waals surface area contributed by atoms with Crippen molar-refractivity contribution in [3.63, 3.8) is 0 Å². The van der Waals surface area contributed by atoms with Gasteiger partial charge < -0.3 is 9.47 Å². The Labute approximate surface area is 131 Å². The molecule has 1 saturated heterocycles. The van der Waals surface area contributed by atoms with Crippen LogP contribution in [0.3, 0.4) is 0 Å². The maximum Gasteiger partial charge on any atom is 0.161 e. The zero-order chi connectivity index (χ0) is 15.3. The molecule has 114 valence electrons.